The number of urea groups is 1. The predicted octanol–water partition coefficient (Wildman–Crippen LogP) is 3.37. The van der Waals surface area contributed by atoms with Crippen LogP contribution in [0.5, 0.6) is 5.75 Å². The van der Waals surface area contributed by atoms with Crippen molar-refractivity contribution >= 4 is 17.4 Å². The van der Waals surface area contributed by atoms with Crippen LogP contribution in [-0.2, 0) is 0 Å². The fourth-order valence-electron chi connectivity index (χ4n) is 1.98. The van der Waals surface area contributed by atoms with Gasteiger partial charge in [0.05, 0.1) is 4.92 Å². The van der Waals surface area contributed by atoms with E-state index in [0.29, 0.717) is 11.4 Å². The van der Waals surface area contributed by atoms with Crippen LogP contribution in [0.15, 0.2) is 42.5 Å². The number of nitro groups is 1. The summed E-state index contributed by atoms with van der Waals surface area (Å²) in [6.07, 6.45) is 0. The molecule has 2 aromatic carbocycles. The van der Waals surface area contributed by atoms with Gasteiger partial charge in [-0.3, -0.25) is 10.1 Å². The summed E-state index contributed by atoms with van der Waals surface area (Å²) in [5, 5.41) is 15.7. The summed E-state index contributed by atoms with van der Waals surface area (Å²) >= 11 is 0. The van der Waals surface area contributed by atoms with Gasteiger partial charge < -0.3 is 15.4 Å². The van der Waals surface area contributed by atoms with Crippen molar-refractivity contribution in [3.8, 4) is 5.75 Å². The Morgan fingerprint density at radius 3 is 2.48 bits per heavy atom. The Bertz CT molecular complexity index is 714. The second-order valence-electron chi connectivity index (χ2n) is 4.99. The van der Waals surface area contributed by atoms with Crippen molar-refractivity contribution in [2.45, 2.75) is 13.8 Å². The molecule has 0 radical (unpaired) electrons. The van der Waals surface area contributed by atoms with E-state index < -0.39 is 11.0 Å². The molecule has 0 spiro atoms. The normalized spacial score (nSPS) is 10.0. The number of anilines is 1. The number of non-ortho nitro benzene ring substituents is 1. The Morgan fingerprint density at radius 2 is 1.87 bits per heavy atom. The predicted molar refractivity (Wildman–Crippen MR) is 86.7 cm³/mol. The van der Waals surface area contributed by atoms with Crippen LogP contribution in [0.2, 0.25) is 0 Å². The number of amides is 2. The number of carbonyl (C=O) groups is 1. The second kappa shape index (κ2) is 7.26. The number of nitrogens with zero attached hydrogens (tertiary/aromatic N) is 1. The van der Waals surface area contributed by atoms with Crippen LogP contribution in [0.4, 0.5) is 16.2 Å². The highest BCUT2D eigenvalue weighted by molar-refractivity contribution is 5.89. The van der Waals surface area contributed by atoms with Gasteiger partial charge >= 0.3 is 6.03 Å². The summed E-state index contributed by atoms with van der Waals surface area (Å²) in [5.74, 6) is 0.700. The van der Waals surface area contributed by atoms with Crippen molar-refractivity contribution in [2.24, 2.45) is 0 Å². The molecular weight excluding hydrogens is 298 g/mol. The highest BCUT2D eigenvalue weighted by atomic mass is 16.6. The molecule has 2 amide bonds. The van der Waals surface area contributed by atoms with Crippen molar-refractivity contribution in [1.29, 1.82) is 0 Å². The minimum Gasteiger partial charge on any atom is -0.473 e. The lowest BCUT2D eigenvalue weighted by molar-refractivity contribution is -0.384. The Labute approximate surface area is 133 Å². The Morgan fingerprint density at radius 1 is 1.17 bits per heavy atom. The maximum Gasteiger partial charge on any atom is 0.321 e. The van der Waals surface area contributed by atoms with Crippen LogP contribution in [0, 0.1) is 24.0 Å². The molecule has 2 N–H and O–H groups in total. The van der Waals surface area contributed by atoms with Crippen molar-refractivity contribution < 1.29 is 14.5 Å². The molecule has 0 saturated carbocycles. The zero-order valence-corrected chi connectivity index (χ0v) is 12.8. The molecule has 0 saturated heterocycles. The molecule has 0 unspecified atom stereocenters. The Hall–Kier alpha value is -3.09. The number of aryl methyl sites for hydroxylation is 2. The van der Waals surface area contributed by atoms with Gasteiger partial charge in [-0.2, -0.15) is 0 Å². The minimum atomic E-state index is -0.498. The van der Waals surface area contributed by atoms with E-state index in [9.17, 15) is 14.9 Å². The van der Waals surface area contributed by atoms with E-state index in [4.69, 9.17) is 4.74 Å². The van der Waals surface area contributed by atoms with Crippen LogP contribution in [0.1, 0.15) is 11.1 Å². The Balaban J connectivity index is 1.82. The van der Waals surface area contributed by atoms with E-state index in [2.05, 4.69) is 10.6 Å². The van der Waals surface area contributed by atoms with Gasteiger partial charge in [0.2, 0.25) is 0 Å². The lowest BCUT2D eigenvalue weighted by Gasteiger charge is -2.11. The van der Waals surface area contributed by atoms with Crippen LogP contribution >= 0.6 is 0 Å². The van der Waals surface area contributed by atoms with Crippen molar-refractivity contribution in [3.05, 3.63) is 63.7 Å². The standard InChI is InChI=1S/C16H17N3O4/c1-11-3-8-15(12(2)9-11)23-10-17-16(20)18-13-4-6-14(7-5-13)19(21)22/h3-9H,10H2,1-2H3,(H2,17,18,20). The topological polar surface area (TPSA) is 93.5 Å². The first-order valence-electron chi connectivity index (χ1n) is 6.95. The minimum absolute atomic E-state index is 0.0166. The second-order valence-corrected chi connectivity index (χ2v) is 4.99. The van der Waals surface area contributed by atoms with Gasteiger partial charge in [-0.1, -0.05) is 17.7 Å². The van der Waals surface area contributed by atoms with Crippen LogP contribution < -0.4 is 15.4 Å². The van der Waals surface area contributed by atoms with Crippen molar-refractivity contribution in [3.63, 3.8) is 0 Å². The van der Waals surface area contributed by atoms with Crippen molar-refractivity contribution in [2.75, 3.05) is 12.0 Å². The first-order chi connectivity index (χ1) is 11.0. The fourth-order valence-corrected chi connectivity index (χ4v) is 1.98. The first kappa shape index (κ1) is 16.3. The number of rotatable bonds is 5. The van der Waals surface area contributed by atoms with Crippen LogP contribution in [-0.4, -0.2) is 17.7 Å². The van der Waals surface area contributed by atoms with E-state index in [1.165, 1.54) is 24.3 Å². The lowest BCUT2D eigenvalue weighted by atomic mass is 10.1. The molecule has 0 heterocycles. The summed E-state index contributed by atoms with van der Waals surface area (Å²) in [6.45, 7) is 3.94. The van der Waals surface area contributed by atoms with Gasteiger partial charge in [-0.15, -0.1) is 0 Å². The van der Waals surface area contributed by atoms with Crippen molar-refractivity contribution in [1.82, 2.24) is 5.32 Å². The maximum atomic E-state index is 11.7. The number of hydrogen-bond acceptors (Lipinski definition) is 4. The molecule has 0 bridgehead atoms. The zero-order valence-electron chi connectivity index (χ0n) is 12.8. The first-order valence-corrected chi connectivity index (χ1v) is 6.95. The molecule has 120 valence electrons. The van der Waals surface area contributed by atoms with Gasteiger partial charge in [-0.05, 0) is 37.6 Å². The highest BCUT2D eigenvalue weighted by Crippen LogP contribution is 2.18. The number of nitrogens with one attached hydrogen (secondary N) is 2. The molecule has 0 aliphatic rings. The molecule has 7 heteroatoms. The smallest absolute Gasteiger partial charge is 0.321 e. The summed E-state index contributed by atoms with van der Waals surface area (Å²) in [5.41, 5.74) is 2.55. The van der Waals surface area contributed by atoms with E-state index >= 15 is 0 Å². The highest BCUT2D eigenvalue weighted by Gasteiger charge is 2.06. The Kier molecular flexibility index (Phi) is 5.14. The van der Waals surface area contributed by atoms with Gasteiger partial charge in [0, 0.05) is 17.8 Å². The van der Waals surface area contributed by atoms with E-state index in [1.807, 2.05) is 32.0 Å². The quantitative estimate of drug-likeness (QED) is 0.502. The molecule has 0 fully saturated rings. The number of nitro benzene ring substituents is 1. The third kappa shape index (κ3) is 4.70. The molecular formula is C16H17N3O4. The number of benzene rings is 2. The average Bonchev–Trinajstić information content (AvgIpc) is 2.50. The largest absolute Gasteiger partial charge is 0.473 e. The number of hydrogen-bond donors (Lipinski definition) is 2. The molecule has 2 aromatic rings. The molecule has 7 nitrogen and oxygen atoms in total. The van der Waals surface area contributed by atoms with Crippen LogP contribution in [0.3, 0.4) is 0 Å². The SMILES string of the molecule is Cc1ccc(OCNC(=O)Nc2ccc([N+](=O)[O-])cc2)c(C)c1. The monoisotopic (exact) mass is 315 g/mol. The molecule has 23 heavy (non-hydrogen) atoms. The summed E-state index contributed by atoms with van der Waals surface area (Å²) in [4.78, 5) is 21.8. The van der Waals surface area contributed by atoms with E-state index in [1.54, 1.807) is 0 Å². The summed E-state index contributed by atoms with van der Waals surface area (Å²) in [6, 6.07) is 10.9. The molecule has 0 aromatic heterocycles. The van der Waals surface area contributed by atoms with Gasteiger partial charge in [0.1, 0.15) is 5.75 Å². The van der Waals surface area contributed by atoms with E-state index in [0.717, 1.165) is 11.1 Å². The third-order valence-electron chi connectivity index (χ3n) is 3.13. The molecule has 0 atom stereocenters. The summed E-state index contributed by atoms with van der Waals surface area (Å²) in [7, 11) is 0. The molecule has 0 aliphatic heterocycles. The number of carbonyl (C=O) groups excluding carboxylic acids is 1. The number of ether oxygens (including phenoxy) is 1. The third-order valence-corrected chi connectivity index (χ3v) is 3.13. The maximum absolute atomic E-state index is 11.7. The van der Waals surface area contributed by atoms with Crippen LogP contribution in [0.25, 0.3) is 0 Å². The molecule has 0 aliphatic carbocycles. The fraction of sp³-hybridized carbons (Fsp3) is 0.188. The van der Waals surface area contributed by atoms with Gasteiger partial charge in [-0.25, -0.2) is 4.79 Å². The average molecular weight is 315 g/mol. The zero-order chi connectivity index (χ0) is 16.8. The molecule has 2 rings (SSSR count). The van der Waals surface area contributed by atoms with Gasteiger partial charge in [0.15, 0.2) is 6.73 Å². The summed E-state index contributed by atoms with van der Waals surface area (Å²) < 4.78 is 5.49. The van der Waals surface area contributed by atoms with E-state index in [-0.39, 0.29) is 12.4 Å². The van der Waals surface area contributed by atoms with Gasteiger partial charge in [0.25, 0.3) is 5.69 Å². The lowest BCUT2D eigenvalue weighted by Crippen LogP contribution is -2.32.